The maximum absolute atomic E-state index is 13.6. The fourth-order valence-electron chi connectivity index (χ4n) is 5.96. The Morgan fingerprint density at radius 1 is 1.03 bits per heavy atom. The number of pyridine rings is 1. The molecule has 34 heavy (non-hydrogen) atoms. The van der Waals surface area contributed by atoms with Crippen LogP contribution in [0.5, 0.6) is 0 Å². The van der Waals surface area contributed by atoms with E-state index in [2.05, 4.69) is 27.2 Å². The minimum absolute atomic E-state index is 0.0838. The van der Waals surface area contributed by atoms with Crippen LogP contribution in [0.2, 0.25) is 0 Å². The van der Waals surface area contributed by atoms with E-state index >= 15 is 0 Å². The van der Waals surface area contributed by atoms with Gasteiger partial charge < -0.3 is 20.2 Å². The molecule has 3 heterocycles. The monoisotopic (exact) mass is 462 g/mol. The van der Waals surface area contributed by atoms with E-state index in [9.17, 15) is 14.7 Å². The van der Waals surface area contributed by atoms with Crippen LogP contribution in [0, 0.1) is 5.41 Å². The number of rotatable bonds is 4. The van der Waals surface area contributed by atoms with Crippen molar-refractivity contribution in [3.05, 3.63) is 42.6 Å². The third-order valence-corrected chi connectivity index (χ3v) is 7.84. The lowest BCUT2D eigenvalue weighted by Gasteiger charge is -2.41. The molecule has 0 radical (unpaired) electrons. The highest BCUT2D eigenvalue weighted by atomic mass is 16.3. The Hall–Kier alpha value is -2.93. The number of aromatic nitrogens is 1. The fourth-order valence-corrected chi connectivity index (χ4v) is 5.96. The fraction of sp³-hybridized carbons (Fsp3) is 0.519. The molecule has 1 aromatic heterocycles. The predicted molar refractivity (Wildman–Crippen MR) is 132 cm³/mol. The van der Waals surface area contributed by atoms with Gasteiger partial charge in [0.05, 0.1) is 11.5 Å². The maximum Gasteiger partial charge on any atom is 0.230 e. The average Bonchev–Trinajstić information content (AvgIpc) is 3.15. The lowest BCUT2D eigenvalue weighted by atomic mass is 9.78. The molecule has 1 atom stereocenters. The summed E-state index contributed by atoms with van der Waals surface area (Å²) in [6.07, 6.45) is 8.00. The molecule has 2 N–H and O–H groups in total. The molecule has 1 aromatic carbocycles. The minimum Gasteiger partial charge on any atom is -0.393 e. The number of hydrogen-bond acceptors (Lipinski definition) is 5. The van der Waals surface area contributed by atoms with Gasteiger partial charge >= 0.3 is 0 Å². The lowest BCUT2D eigenvalue weighted by Crippen LogP contribution is -2.50. The Morgan fingerprint density at radius 2 is 1.76 bits per heavy atom. The number of hydrogen-bond donors (Lipinski definition) is 2. The Balaban J connectivity index is 1.26. The van der Waals surface area contributed by atoms with Crippen LogP contribution in [0.15, 0.2) is 42.6 Å². The van der Waals surface area contributed by atoms with Crippen LogP contribution >= 0.6 is 0 Å². The molecule has 2 saturated heterocycles. The summed E-state index contributed by atoms with van der Waals surface area (Å²) in [6, 6.07) is 12.2. The second-order valence-corrected chi connectivity index (χ2v) is 10.2. The number of piperidine rings is 1. The summed E-state index contributed by atoms with van der Waals surface area (Å²) in [5, 5.41) is 12.6. The molecule has 1 unspecified atom stereocenters. The first kappa shape index (κ1) is 22.8. The Morgan fingerprint density at radius 3 is 2.44 bits per heavy atom. The number of nitrogens with zero attached hydrogens (tertiary/aromatic N) is 3. The van der Waals surface area contributed by atoms with E-state index in [1.165, 1.54) is 6.92 Å². The van der Waals surface area contributed by atoms with Crippen molar-refractivity contribution >= 4 is 23.3 Å². The summed E-state index contributed by atoms with van der Waals surface area (Å²) in [4.78, 5) is 33.9. The van der Waals surface area contributed by atoms with Gasteiger partial charge in [-0.1, -0.05) is 12.1 Å². The van der Waals surface area contributed by atoms with Crippen LogP contribution in [0.3, 0.4) is 0 Å². The average molecular weight is 463 g/mol. The van der Waals surface area contributed by atoms with Gasteiger partial charge in [0, 0.05) is 50.0 Å². The Bertz CT molecular complexity index is 1030. The molecule has 1 saturated carbocycles. The van der Waals surface area contributed by atoms with Gasteiger partial charge in [-0.15, -0.1) is 0 Å². The number of amides is 2. The van der Waals surface area contributed by atoms with E-state index in [1.54, 1.807) is 0 Å². The number of aliphatic hydroxyl groups is 1. The smallest absolute Gasteiger partial charge is 0.230 e. The van der Waals surface area contributed by atoms with Crippen molar-refractivity contribution < 1.29 is 14.7 Å². The first-order chi connectivity index (χ1) is 16.4. The summed E-state index contributed by atoms with van der Waals surface area (Å²) in [6.45, 7) is 3.99. The number of aliphatic hydroxyl groups excluding tert-OH is 1. The molecule has 1 spiro atoms. The van der Waals surface area contributed by atoms with Gasteiger partial charge in [-0.25, -0.2) is 4.98 Å². The zero-order chi connectivity index (χ0) is 23.7. The van der Waals surface area contributed by atoms with Crippen LogP contribution in [0.25, 0.3) is 11.1 Å². The van der Waals surface area contributed by atoms with E-state index in [0.717, 1.165) is 87.2 Å². The molecule has 3 fully saturated rings. The summed E-state index contributed by atoms with van der Waals surface area (Å²) in [7, 11) is 0. The number of anilines is 2. The first-order valence-electron chi connectivity index (χ1n) is 12.5. The molecule has 2 aliphatic heterocycles. The van der Waals surface area contributed by atoms with Crippen molar-refractivity contribution in [2.75, 3.05) is 29.9 Å². The predicted octanol–water partition coefficient (Wildman–Crippen LogP) is 3.83. The summed E-state index contributed by atoms with van der Waals surface area (Å²) in [5.41, 5.74) is 2.54. The number of benzene rings is 1. The second-order valence-electron chi connectivity index (χ2n) is 10.2. The Kier molecular flexibility index (Phi) is 6.30. The molecule has 1 aliphatic carbocycles. The third kappa shape index (κ3) is 4.53. The van der Waals surface area contributed by atoms with E-state index < -0.39 is 0 Å². The standard InChI is InChI=1S/C27H34N4O3/c1-19(32)29-22-6-3-20(4-7-22)21-5-12-25(28-17-21)30-15-2-13-27(18-30)14-16-31(26(27)34)23-8-10-24(33)11-9-23/h3-7,12,17,23-24,33H,2,8-11,13-16,18H2,1H3,(H,29,32). The van der Waals surface area contributed by atoms with E-state index in [1.807, 2.05) is 30.5 Å². The first-order valence-corrected chi connectivity index (χ1v) is 12.5. The van der Waals surface area contributed by atoms with Gasteiger partial charge in [0.25, 0.3) is 0 Å². The third-order valence-electron chi connectivity index (χ3n) is 7.84. The number of carbonyl (C=O) groups is 2. The topological polar surface area (TPSA) is 85.8 Å². The van der Waals surface area contributed by atoms with Crippen molar-refractivity contribution in [3.63, 3.8) is 0 Å². The van der Waals surface area contributed by atoms with Crippen LogP contribution in [0.1, 0.15) is 51.9 Å². The number of nitrogens with one attached hydrogen (secondary N) is 1. The van der Waals surface area contributed by atoms with Crippen LogP contribution in [-0.2, 0) is 9.59 Å². The highest BCUT2D eigenvalue weighted by Gasteiger charge is 2.50. The summed E-state index contributed by atoms with van der Waals surface area (Å²) < 4.78 is 0. The lowest BCUT2D eigenvalue weighted by molar-refractivity contribution is -0.139. The number of likely N-dealkylation sites (tertiary alicyclic amines) is 1. The van der Waals surface area contributed by atoms with Gasteiger partial charge in [-0.2, -0.15) is 0 Å². The maximum atomic E-state index is 13.6. The van der Waals surface area contributed by atoms with Gasteiger partial charge in [0.15, 0.2) is 0 Å². The van der Waals surface area contributed by atoms with Crippen LogP contribution < -0.4 is 10.2 Å². The highest BCUT2D eigenvalue weighted by Crippen LogP contribution is 2.43. The molecule has 2 amide bonds. The van der Waals surface area contributed by atoms with E-state index in [0.29, 0.717) is 11.9 Å². The van der Waals surface area contributed by atoms with E-state index in [4.69, 9.17) is 4.98 Å². The van der Waals surface area contributed by atoms with Crippen LogP contribution in [-0.4, -0.2) is 58.6 Å². The second kappa shape index (κ2) is 9.37. The van der Waals surface area contributed by atoms with Gasteiger partial charge in [0.2, 0.25) is 11.8 Å². The molecule has 0 bridgehead atoms. The largest absolute Gasteiger partial charge is 0.393 e. The van der Waals surface area contributed by atoms with E-state index in [-0.39, 0.29) is 17.4 Å². The molecule has 180 valence electrons. The highest BCUT2D eigenvalue weighted by molar-refractivity contribution is 5.89. The van der Waals surface area contributed by atoms with Gasteiger partial charge in [-0.3, -0.25) is 9.59 Å². The van der Waals surface area contributed by atoms with Gasteiger partial charge in [-0.05, 0) is 74.8 Å². The SMILES string of the molecule is CC(=O)Nc1ccc(-c2ccc(N3CCCC4(CCN(C5CCC(O)CC5)C4=O)C3)nc2)cc1. The summed E-state index contributed by atoms with van der Waals surface area (Å²) >= 11 is 0. The zero-order valence-corrected chi connectivity index (χ0v) is 19.9. The minimum atomic E-state index is -0.297. The molecule has 5 rings (SSSR count). The van der Waals surface area contributed by atoms with Crippen LogP contribution in [0.4, 0.5) is 11.5 Å². The van der Waals surface area contributed by atoms with Crippen molar-refractivity contribution in [2.45, 2.75) is 64.0 Å². The molecule has 3 aliphatic rings. The molecular formula is C27H34N4O3. The quantitative estimate of drug-likeness (QED) is 0.721. The van der Waals surface area contributed by atoms with Crippen molar-refractivity contribution in [1.82, 2.24) is 9.88 Å². The molecule has 7 heteroatoms. The van der Waals surface area contributed by atoms with Gasteiger partial charge in [0.1, 0.15) is 5.82 Å². The van der Waals surface area contributed by atoms with Crippen molar-refractivity contribution in [3.8, 4) is 11.1 Å². The normalized spacial score (nSPS) is 27.3. The Labute approximate surface area is 201 Å². The van der Waals surface area contributed by atoms with Crippen molar-refractivity contribution in [1.29, 1.82) is 0 Å². The molecule has 2 aromatic rings. The zero-order valence-electron chi connectivity index (χ0n) is 19.9. The summed E-state index contributed by atoms with van der Waals surface area (Å²) in [5.74, 6) is 1.15. The number of carbonyl (C=O) groups excluding carboxylic acids is 2. The molecular weight excluding hydrogens is 428 g/mol. The molecule has 7 nitrogen and oxygen atoms in total. The van der Waals surface area contributed by atoms with Crippen molar-refractivity contribution in [2.24, 2.45) is 5.41 Å².